The Balaban J connectivity index is 1.71. The van der Waals surface area contributed by atoms with Gasteiger partial charge in [0.1, 0.15) is 11.5 Å². The van der Waals surface area contributed by atoms with Crippen LogP contribution in [0.4, 0.5) is 5.69 Å². The molecule has 5 heteroatoms. The predicted octanol–water partition coefficient (Wildman–Crippen LogP) is 5.51. The normalized spacial score (nSPS) is 12.5. The van der Waals surface area contributed by atoms with Crippen molar-refractivity contribution in [2.24, 2.45) is 0 Å². The summed E-state index contributed by atoms with van der Waals surface area (Å²) in [5.74, 6) is 1.90. The van der Waals surface area contributed by atoms with E-state index in [1.807, 2.05) is 6.07 Å². The molecule has 0 amide bonds. The molecule has 0 bridgehead atoms. The van der Waals surface area contributed by atoms with E-state index in [2.05, 4.69) is 83.9 Å². The first-order valence-corrected chi connectivity index (χ1v) is 11.8. The van der Waals surface area contributed by atoms with E-state index >= 15 is 0 Å². The second-order valence-corrected chi connectivity index (χ2v) is 8.15. The minimum atomic E-state index is 0.938. The van der Waals surface area contributed by atoms with Crippen molar-refractivity contribution >= 4 is 16.5 Å². The zero-order valence-electron chi connectivity index (χ0n) is 19.4. The molecule has 0 spiro atoms. The standard InChI is InChI=1S/C26H36N4O/c1-5-28(6-2)16-15-27-22-13-14-24-25-21(22)19-30(18-17-29(7-3)8-4)26(25)20-11-9-10-12-23(20)31-24/h9-14,19,27H,5-8,15-18H2,1-4H3. The summed E-state index contributed by atoms with van der Waals surface area (Å²) >= 11 is 0. The van der Waals surface area contributed by atoms with Gasteiger partial charge in [-0.2, -0.15) is 0 Å². The van der Waals surface area contributed by atoms with Gasteiger partial charge in [0.25, 0.3) is 0 Å². The molecule has 2 aromatic carbocycles. The minimum Gasteiger partial charge on any atom is -0.456 e. The Kier molecular flexibility index (Phi) is 6.83. The topological polar surface area (TPSA) is 32.7 Å². The number of hydrogen-bond donors (Lipinski definition) is 1. The van der Waals surface area contributed by atoms with Crippen LogP contribution in [0.25, 0.3) is 22.0 Å². The van der Waals surface area contributed by atoms with Crippen molar-refractivity contribution in [2.45, 2.75) is 34.2 Å². The Morgan fingerprint density at radius 2 is 1.55 bits per heavy atom. The fraction of sp³-hybridized carbons (Fsp3) is 0.462. The summed E-state index contributed by atoms with van der Waals surface area (Å²) in [5.41, 5.74) is 3.66. The van der Waals surface area contributed by atoms with E-state index in [1.54, 1.807) is 0 Å². The number of benzene rings is 2. The molecule has 0 aliphatic carbocycles. The van der Waals surface area contributed by atoms with Gasteiger partial charge in [-0.05, 0) is 50.4 Å². The fourth-order valence-electron chi connectivity index (χ4n) is 4.59. The third kappa shape index (κ3) is 4.30. The summed E-state index contributed by atoms with van der Waals surface area (Å²) in [7, 11) is 0. The molecule has 5 nitrogen and oxygen atoms in total. The van der Waals surface area contributed by atoms with Crippen LogP contribution in [0.15, 0.2) is 42.6 Å². The zero-order valence-corrected chi connectivity index (χ0v) is 19.4. The van der Waals surface area contributed by atoms with Crippen LogP contribution >= 0.6 is 0 Å². The quantitative estimate of drug-likeness (QED) is 0.347. The molecule has 31 heavy (non-hydrogen) atoms. The van der Waals surface area contributed by atoms with Gasteiger partial charge in [-0.1, -0.05) is 39.8 Å². The Labute approximate surface area is 186 Å². The first kappa shape index (κ1) is 21.7. The maximum absolute atomic E-state index is 6.30. The molecule has 0 saturated carbocycles. The average Bonchev–Trinajstić information content (AvgIpc) is 3.20. The molecule has 1 aliphatic rings. The molecule has 1 aliphatic heterocycles. The Morgan fingerprint density at radius 3 is 2.29 bits per heavy atom. The first-order chi connectivity index (χ1) is 15.2. The number of hydrogen-bond acceptors (Lipinski definition) is 4. The highest BCUT2D eigenvalue weighted by atomic mass is 16.5. The SMILES string of the molecule is CCN(CC)CCNc1ccc2c3c(n(CCN(CC)CC)cc13)-c1ccccc1O2. The molecule has 1 aromatic heterocycles. The number of anilines is 1. The smallest absolute Gasteiger partial charge is 0.137 e. The van der Waals surface area contributed by atoms with Gasteiger partial charge in [-0.25, -0.2) is 0 Å². The van der Waals surface area contributed by atoms with Crippen molar-refractivity contribution in [1.82, 2.24) is 14.4 Å². The third-order valence-electron chi connectivity index (χ3n) is 6.57. The van der Waals surface area contributed by atoms with Gasteiger partial charge in [0.15, 0.2) is 0 Å². The second kappa shape index (κ2) is 9.75. The van der Waals surface area contributed by atoms with Crippen LogP contribution in [-0.2, 0) is 6.54 Å². The van der Waals surface area contributed by atoms with E-state index in [9.17, 15) is 0 Å². The molecule has 2 heterocycles. The van der Waals surface area contributed by atoms with Crippen LogP contribution in [0.1, 0.15) is 27.7 Å². The maximum atomic E-state index is 6.30. The van der Waals surface area contributed by atoms with Crippen molar-refractivity contribution in [3.05, 3.63) is 42.6 Å². The Hall–Kier alpha value is -2.50. The molecule has 3 aromatic rings. The van der Waals surface area contributed by atoms with Crippen LogP contribution < -0.4 is 10.1 Å². The fourth-order valence-corrected chi connectivity index (χ4v) is 4.59. The lowest BCUT2D eigenvalue weighted by Crippen LogP contribution is -2.28. The van der Waals surface area contributed by atoms with Gasteiger partial charge in [0.05, 0.1) is 11.1 Å². The molecule has 0 saturated heterocycles. The number of nitrogens with one attached hydrogen (secondary N) is 1. The van der Waals surface area contributed by atoms with E-state index in [4.69, 9.17) is 4.74 Å². The zero-order chi connectivity index (χ0) is 21.8. The van der Waals surface area contributed by atoms with Crippen LogP contribution in [0.2, 0.25) is 0 Å². The number of nitrogens with zero attached hydrogens (tertiary/aromatic N) is 3. The second-order valence-electron chi connectivity index (χ2n) is 8.15. The number of rotatable bonds is 11. The maximum Gasteiger partial charge on any atom is 0.137 e. The van der Waals surface area contributed by atoms with Gasteiger partial charge >= 0.3 is 0 Å². The van der Waals surface area contributed by atoms with Gasteiger partial charge in [-0.3, -0.25) is 0 Å². The van der Waals surface area contributed by atoms with Gasteiger partial charge in [0.2, 0.25) is 0 Å². The number of para-hydroxylation sites is 1. The predicted molar refractivity (Wildman–Crippen MR) is 132 cm³/mol. The third-order valence-corrected chi connectivity index (χ3v) is 6.57. The molecule has 166 valence electrons. The van der Waals surface area contributed by atoms with Crippen molar-refractivity contribution < 1.29 is 4.74 Å². The number of aromatic nitrogens is 1. The highest BCUT2D eigenvalue weighted by molar-refractivity contribution is 6.08. The minimum absolute atomic E-state index is 0.938. The highest BCUT2D eigenvalue weighted by Crippen LogP contribution is 2.48. The number of ether oxygens (including phenoxy) is 1. The molecule has 4 rings (SSSR count). The summed E-state index contributed by atoms with van der Waals surface area (Å²) in [6.45, 7) is 17.2. The summed E-state index contributed by atoms with van der Waals surface area (Å²) in [5, 5.41) is 6.17. The molecular weight excluding hydrogens is 384 g/mol. The van der Waals surface area contributed by atoms with Crippen LogP contribution in [0, 0.1) is 0 Å². The molecule has 0 unspecified atom stereocenters. The largest absolute Gasteiger partial charge is 0.456 e. The molecule has 1 N–H and O–H groups in total. The van der Waals surface area contributed by atoms with Crippen molar-refractivity contribution in [3.63, 3.8) is 0 Å². The average molecular weight is 421 g/mol. The van der Waals surface area contributed by atoms with Crippen LogP contribution in [0.5, 0.6) is 11.5 Å². The molecule has 0 fully saturated rings. The molecule has 0 radical (unpaired) electrons. The number of likely N-dealkylation sites (N-methyl/N-ethyl adjacent to an activating group) is 2. The molecular formula is C26H36N4O. The lowest BCUT2D eigenvalue weighted by molar-refractivity contribution is 0.291. The van der Waals surface area contributed by atoms with Gasteiger partial charge in [0, 0.05) is 49.0 Å². The monoisotopic (exact) mass is 420 g/mol. The summed E-state index contributed by atoms with van der Waals surface area (Å²) in [4.78, 5) is 4.93. The summed E-state index contributed by atoms with van der Waals surface area (Å²) < 4.78 is 8.74. The first-order valence-electron chi connectivity index (χ1n) is 11.8. The lowest BCUT2D eigenvalue weighted by atomic mass is 10.0. The van der Waals surface area contributed by atoms with E-state index < -0.39 is 0 Å². The highest BCUT2D eigenvalue weighted by Gasteiger charge is 2.25. The van der Waals surface area contributed by atoms with E-state index in [-0.39, 0.29) is 0 Å². The van der Waals surface area contributed by atoms with Gasteiger partial charge in [-0.15, -0.1) is 0 Å². The van der Waals surface area contributed by atoms with E-state index in [0.29, 0.717) is 0 Å². The Bertz CT molecular complexity index is 1020. The summed E-state index contributed by atoms with van der Waals surface area (Å²) in [6, 6.07) is 12.7. The van der Waals surface area contributed by atoms with E-state index in [1.165, 1.54) is 27.7 Å². The number of fused-ring (bicyclic) bond motifs is 2. The van der Waals surface area contributed by atoms with Crippen molar-refractivity contribution in [2.75, 3.05) is 51.1 Å². The lowest BCUT2D eigenvalue weighted by Gasteiger charge is -2.22. The van der Waals surface area contributed by atoms with E-state index in [0.717, 1.165) is 63.9 Å². The summed E-state index contributed by atoms with van der Waals surface area (Å²) in [6.07, 6.45) is 2.32. The van der Waals surface area contributed by atoms with Crippen molar-refractivity contribution in [3.8, 4) is 22.8 Å². The van der Waals surface area contributed by atoms with Gasteiger partial charge < -0.3 is 24.4 Å². The Morgan fingerprint density at radius 1 is 0.839 bits per heavy atom. The van der Waals surface area contributed by atoms with Crippen molar-refractivity contribution in [1.29, 1.82) is 0 Å². The van der Waals surface area contributed by atoms with Crippen LogP contribution in [0.3, 0.4) is 0 Å². The van der Waals surface area contributed by atoms with Crippen LogP contribution in [-0.4, -0.2) is 60.2 Å². The molecule has 0 atom stereocenters.